The summed E-state index contributed by atoms with van der Waals surface area (Å²) in [4.78, 5) is 5.40. The molecule has 26 heavy (non-hydrogen) atoms. The lowest BCUT2D eigenvalue weighted by Gasteiger charge is -2.30. The lowest BCUT2D eigenvalue weighted by atomic mass is 10.2. The van der Waals surface area contributed by atoms with E-state index in [9.17, 15) is 0 Å². The molecule has 0 amide bonds. The lowest BCUT2D eigenvalue weighted by molar-refractivity contribution is 0.622. The van der Waals surface area contributed by atoms with Crippen LogP contribution in [0.1, 0.15) is 13.0 Å². The number of benzene rings is 2. The van der Waals surface area contributed by atoms with E-state index in [0.29, 0.717) is 0 Å². The summed E-state index contributed by atoms with van der Waals surface area (Å²) in [5.74, 6) is 0. The van der Waals surface area contributed by atoms with E-state index in [2.05, 4.69) is 75.4 Å². The average Bonchev–Trinajstić information content (AvgIpc) is 3.30. The van der Waals surface area contributed by atoms with Gasteiger partial charge in [-0.05, 0) is 47.9 Å². The maximum Gasteiger partial charge on any atom is 0.0952 e. The molecule has 2 aromatic carbocycles. The molecule has 0 fully saturated rings. The first-order valence-corrected chi connectivity index (χ1v) is 9.68. The summed E-state index contributed by atoms with van der Waals surface area (Å²) in [6.45, 7) is 2.17. The molecule has 0 radical (unpaired) electrons. The summed E-state index contributed by atoms with van der Waals surface area (Å²) in [5, 5.41) is 0. The van der Waals surface area contributed by atoms with Crippen LogP contribution in [0.2, 0.25) is 0 Å². The Labute approximate surface area is 167 Å². The molecule has 0 saturated carbocycles. The molecule has 1 aromatic heterocycles. The molecule has 6 heteroatoms. The second-order valence-corrected chi connectivity index (χ2v) is 8.26. The van der Waals surface area contributed by atoms with Gasteiger partial charge in [0.1, 0.15) is 0 Å². The van der Waals surface area contributed by atoms with Crippen LogP contribution < -0.4 is 4.31 Å². The van der Waals surface area contributed by atoms with Gasteiger partial charge in [0.25, 0.3) is 0 Å². The van der Waals surface area contributed by atoms with Gasteiger partial charge in [0, 0.05) is 17.3 Å². The first kappa shape index (κ1) is 18.8. The predicted molar refractivity (Wildman–Crippen MR) is 114 cm³/mol. The molecule has 0 saturated heterocycles. The minimum atomic E-state index is -0.347. The van der Waals surface area contributed by atoms with E-state index in [-0.39, 0.29) is 29.1 Å². The maximum absolute atomic E-state index is 6.74. The minimum absolute atomic E-state index is 0. The third-order valence-corrected chi connectivity index (χ3v) is 6.76. The Morgan fingerprint density at radius 3 is 2.27 bits per heavy atom. The monoisotopic (exact) mass is 403 g/mol. The summed E-state index contributed by atoms with van der Waals surface area (Å²) in [5.41, 5.74) is 2.31. The second-order valence-electron chi connectivity index (χ2n) is 5.79. The minimum Gasteiger partial charge on any atom is -0.329 e. The molecule has 0 bridgehead atoms. The number of nitrogens with zero attached hydrogens (tertiary/aromatic N) is 3. The van der Waals surface area contributed by atoms with E-state index in [4.69, 9.17) is 11.6 Å². The van der Waals surface area contributed by atoms with Gasteiger partial charge in [0.2, 0.25) is 0 Å². The van der Waals surface area contributed by atoms with Gasteiger partial charge in [-0.3, -0.25) is 4.31 Å². The van der Waals surface area contributed by atoms with Crippen LogP contribution in [0.3, 0.4) is 0 Å². The first-order valence-electron chi connectivity index (χ1n) is 8.12. The van der Waals surface area contributed by atoms with Crippen LogP contribution in [-0.2, 0) is 0 Å². The van der Waals surface area contributed by atoms with Gasteiger partial charge in [-0.1, -0.05) is 48.0 Å². The van der Waals surface area contributed by atoms with Crippen LogP contribution in [0.15, 0.2) is 96.1 Å². The molecule has 2 heterocycles. The van der Waals surface area contributed by atoms with E-state index in [0.717, 1.165) is 10.0 Å². The van der Waals surface area contributed by atoms with E-state index in [1.807, 2.05) is 24.7 Å². The van der Waals surface area contributed by atoms with E-state index in [1.165, 1.54) is 10.6 Å². The van der Waals surface area contributed by atoms with Crippen LogP contribution in [-0.4, -0.2) is 13.9 Å². The van der Waals surface area contributed by atoms with Gasteiger partial charge >= 0.3 is 0 Å². The van der Waals surface area contributed by atoms with Gasteiger partial charge in [-0.25, -0.2) is 4.98 Å². The Morgan fingerprint density at radius 2 is 1.65 bits per heavy atom. The van der Waals surface area contributed by atoms with Crippen LogP contribution >= 0.6 is 34.7 Å². The van der Waals surface area contributed by atoms with Crippen molar-refractivity contribution in [1.82, 2.24) is 9.55 Å². The van der Waals surface area contributed by atoms with E-state index in [1.54, 1.807) is 6.20 Å². The molecule has 2 atom stereocenters. The van der Waals surface area contributed by atoms with Gasteiger partial charge in [-0.2, -0.15) is 0 Å². The Kier molecular flexibility index (Phi) is 5.87. The number of hydrogen-bond donors (Lipinski definition) is 0. The zero-order valence-corrected chi connectivity index (χ0v) is 16.6. The highest BCUT2D eigenvalue weighted by Crippen LogP contribution is 2.47. The lowest BCUT2D eigenvalue weighted by Crippen LogP contribution is -2.20. The molecule has 134 valence electrons. The summed E-state index contributed by atoms with van der Waals surface area (Å²) in [6, 6.07) is 21.0. The van der Waals surface area contributed by atoms with Crippen molar-refractivity contribution in [2.24, 2.45) is 0 Å². The zero-order valence-electron chi connectivity index (χ0n) is 14.2. The summed E-state index contributed by atoms with van der Waals surface area (Å²) < 4.78 is 5.31. The molecule has 3 aromatic rings. The van der Waals surface area contributed by atoms with Crippen LogP contribution in [0.25, 0.3) is 0 Å². The molecule has 4 rings (SSSR count). The highest BCUT2D eigenvalue weighted by atomic mass is 35.5. The topological polar surface area (TPSA) is 21.1 Å². The van der Waals surface area contributed by atoms with E-state index < -0.39 is 0 Å². The van der Waals surface area contributed by atoms with E-state index >= 15 is 0 Å². The molecule has 0 spiro atoms. The first-order chi connectivity index (χ1) is 12.3. The van der Waals surface area contributed by atoms with Gasteiger partial charge in [0.05, 0.1) is 28.1 Å². The molecule has 0 aliphatic carbocycles. The molecule has 3 nitrogen and oxygen atoms in total. The summed E-state index contributed by atoms with van der Waals surface area (Å²) in [7, 11) is -0.347. The summed E-state index contributed by atoms with van der Waals surface area (Å²) in [6.07, 6.45) is 7.75. The Bertz CT molecular complexity index is 922. The normalized spacial score (nSPS) is 17.6. The Balaban J connectivity index is 0.00000196. The molecule has 1 aliphatic rings. The van der Waals surface area contributed by atoms with Crippen molar-refractivity contribution in [3.05, 3.63) is 91.2 Å². The predicted octanol–water partition coefficient (Wildman–Crippen LogP) is 5.88. The SMILES string of the molecule is CC(C1=CC(Cl)=S(c2ccccc2)N1c1ccccc1)n1ccnc1.Cl. The Morgan fingerprint density at radius 1 is 1.00 bits per heavy atom. The van der Waals surface area contributed by atoms with Crippen molar-refractivity contribution in [1.29, 1.82) is 0 Å². The van der Waals surface area contributed by atoms with Crippen molar-refractivity contribution in [3.8, 4) is 0 Å². The number of aromatic nitrogens is 2. The van der Waals surface area contributed by atoms with Crippen LogP contribution in [0.5, 0.6) is 0 Å². The van der Waals surface area contributed by atoms with Crippen molar-refractivity contribution in [2.45, 2.75) is 17.9 Å². The molecular formula is C20H19Cl2N3S. The van der Waals surface area contributed by atoms with Crippen LogP contribution in [0.4, 0.5) is 5.69 Å². The number of halogens is 2. The van der Waals surface area contributed by atoms with Gasteiger partial charge < -0.3 is 4.57 Å². The Hall–Kier alpha value is -2.01. The third-order valence-electron chi connectivity index (χ3n) is 4.22. The summed E-state index contributed by atoms with van der Waals surface area (Å²) >= 11 is 6.74. The maximum atomic E-state index is 6.74. The van der Waals surface area contributed by atoms with Crippen LogP contribution in [0, 0.1) is 0 Å². The number of rotatable bonds is 4. The highest BCUT2D eigenvalue weighted by molar-refractivity contribution is 8.19. The van der Waals surface area contributed by atoms with Gasteiger partial charge in [-0.15, -0.1) is 12.4 Å². The molecule has 1 aliphatic heterocycles. The zero-order chi connectivity index (χ0) is 17.2. The molecular weight excluding hydrogens is 385 g/mol. The fourth-order valence-corrected chi connectivity index (χ4v) is 5.54. The largest absolute Gasteiger partial charge is 0.329 e. The standard InChI is InChI=1S/C20H18ClN3S.ClH/c1-16(23-13-12-22-15-23)19-14-20(21)25(18-10-6-3-7-11-18)24(19)17-8-4-2-5-9-17;/h2-16H,1H3;1H. The molecule has 2 unspecified atom stereocenters. The second kappa shape index (κ2) is 8.12. The quantitative estimate of drug-likeness (QED) is 0.400. The number of imidazole rings is 1. The fraction of sp³-hybridized carbons (Fsp3) is 0.100. The number of anilines is 1. The number of para-hydroxylation sites is 1. The highest BCUT2D eigenvalue weighted by Gasteiger charge is 2.29. The van der Waals surface area contributed by atoms with Gasteiger partial charge in [0.15, 0.2) is 0 Å². The van der Waals surface area contributed by atoms with Crippen molar-refractivity contribution >= 4 is 44.7 Å². The van der Waals surface area contributed by atoms with Crippen molar-refractivity contribution in [3.63, 3.8) is 0 Å². The molecule has 0 N–H and O–H groups in total. The smallest absolute Gasteiger partial charge is 0.0952 e. The van der Waals surface area contributed by atoms with Crippen molar-refractivity contribution in [2.75, 3.05) is 4.31 Å². The fourth-order valence-electron chi connectivity index (χ4n) is 2.95. The average molecular weight is 404 g/mol. The van der Waals surface area contributed by atoms with Crippen molar-refractivity contribution < 1.29 is 0 Å². The third kappa shape index (κ3) is 3.45. The number of allylic oxidation sites excluding steroid dienone is 2. The number of hydrogen-bond acceptors (Lipinski definition) is 2.